The molecule has 0 radical (unpaired) electrons. The fourth-order valence-corrected chi connectivity index (χ4v) is 2.95. The van der Waals surface area contributed by atoms with Gasteiger partial charge in [0.1, 0.15) is 12.3 Å². The maximum atomic E-state index is 12.2. The van der Waals surface area contributed by atoms with Gasteiger partial charge in [0.25, 0.3) is 5.91 Å². The Morgan fingerprint density at radius 1 is 1.26 bits per heavy atom. The number of hydrogen-bond acceptors (Lipinski definition) is 2. The summed E-state index contributed by atoms with van der Waals surface area (Å²) in [6.07, 6.45) is 0. The molecule has 0 fully saturated rings. The van der Waals surface area contributed by atoms with E-state index in [1.807, 2.05) is 56.4 Å². The Morgan fingerprint density at radius 3 is 2.70 bits per heavy atom. The molecule has 0 aliphatic heterocycles. The topological polar surface area (TPSA) is 42.8 Å². The smallest absolute Gasteiger partial charge is 0.279 e. The molecule has 0 spiro atoms. The minimum Gasteiger partial charge on any atom is -0.496 e. The summed E-state index contributed by atoms with van der Waals surface area (Å²) in [5, 5.41) is 2.97. The third-order valence-electron chi connectivity index (χ3n) is 3.61. The average molecular weight is 378 g/mol. The zero-order chi connectivity index (χ0) is 16.8. The van der Waals surface area contributed by atoms with Crippen LogP contribution in [-0.4, -0.2) is 26.6 Å². The van der Waals surface area contributed by atoms with E-state index in [9.17, 15) is 4.79 Å². The molecule has 2 aromatic rings. The Labute approximate surface area is 145 Å². The summed E-state index contributed by atoms with van der Waals surface area (Å²) in [6.45, 7) is 3.11. The number of carbonyl (C=O) groups excluding carboxylic acids is 1. The van der Waals surface area contributed by atoms with Gasteiger partial charge in [-0.2, -0.15) is 0 Å². The summed E-state index contributed by atoms with van der Waals surface area (Å²) in [5.74, 6) is 0.860. The van der Waals surface area contributed by atoms with Gasteiger partial charge in [-0.05, 0) is 42.8 Å². The zero-order valence-electron chi connectivity index (χ0n) is 13.7. The number of likely N-dealkylation sites (N-methyl/N-ethyl adjacent to an activating group) is 1. The van der Waals surface area contributed by atoms with Crippen LogP contribution < -0.4 is 15.0 Å². The maximum Gasteiger partial charge on any atom is 0.279 e. The number of para-hydroxylation sites is 1. The molecule has 4 nitrogen and oxygen atoms in total. The molecule has 2 rings (SSSR count). The standard InChI is InChI=1S/C18H21BrN2O2/c1-13-10-15(19)8-9-16(13)20-18(22)12-21(2)11-14-6-4-5-7-17(14)23-3/h4-10H,11-12H2,1-3H3,(H,20,22)/p+1. The number of halogens is 1. The minimum atomic E-state index is 0.00261. The van der Waals surface area contributed by atoms with Crippen LogP contribution in [0.25, 0.3) is 0 Å². The van der Waals surface area contributed by atoms with Crippen molar-refractivity contribution in [2.24, 2.45) is 0 Å². The van der Waals surface area contributed by atoms with E-state index in [4.69, 9.17) is 4.74 Å². The van der Waals surface area contributed by atoms with E-state index in [2.05, 4.69) is 21.2 Å². The predicted octanol–water partition coefficient (Wildman–Crippen LogP) is 2.42. The van der Waals surface area contributed by atoms with Crippen molar-refractivity contribution in [2.75, 3.05) is 26.0 Å². The molecule has 0 saturated heterocycles. The monoisotopic (exact) mass is 377 g/mol. The highest BCUT2D eigenvalue weighted by molar-refractivity contribution is 9.10. The number of hydrogen-bond donors (Lipinski definition) is 2. The molecule has 1 unspecified atom stereocenters. The van der Waals surface area contributed by atoms with Crippen LogP contribution in [0.3, 0.4) is 0 Å². The van der Waals surface area contributed by atoms with Gasteiger partial charge in [0.2, 0.25) is 0 Å². The van der Waals surface area contributed by atoms with Crippen LogP contribution in [-0.2, 0) is 11.3 Å². The number of amides is 1. The Hall–Kier alpha value is -1.85. The third kappa shape index (κ3) is 5.08. The van der Waals surface area contributed by atoms with Crippen molar-refractivity contribution in [2.45, 2.75) is 13.5 Å². The molecule has 0 aromatic heterocycles. The lowest BCUT2D eigenvalue weighted by atomic mass is 10.2. The quantitative estimate of drug-likeness (QED) is 0.811. The molecule has 0 heterocycles. The predicted molar refractivity (Wildman–Crippen MR) is 96.0 cm³/mol. The normalized spacial score (nSPS) is 11.8. The Kier molecular flexibility index (Phi) is 6.19. The number of quaternary nitrogens is 1. The molecule has 0 aliphatic rings. The summed E-state index contributed by atoms with van der Waals surface area (Å²) >= 11 is 3.42. The van der Waals surface area contributed by atoms with E-state index in [0.29, 0.717) is 6.54 Å². The van der Waals surface area contributed by atoms with Crippen LogP contribution in [0.15, 0.2) is 46.9 Å². The summed E-state index contributed by atoms with van der Waals surface area (Å²) < 4.78 is 6.36. The molecule has 1 atom stereocenters. The van der Waals surface area contributed by atoms with Crippen LogP contribution in [0.4, 0.5) is 5.69 Å². The van der Waals surface area contributed by atoms with Crippen molar-refractivity contribution < 1.29 is 14.4 Å². The van der Waals surface area contributed by atoms with Gasteiger partial charge in [-0.1, -0.05) is 28.1 Å². The highest BCUT2D eigenvalue weighted by Gasteiger charge is 2.14. The second kappa shape index (κ2) is 8.13. The molecule has 122 valence electrons. The van der Waals surface area contributed by atoms with Crippen molar-refractivity contribution in [3.05, 3.63) is 58.1 Å². The van der Waals surface area contributed by atoms with Crippen molar-refractivity contribution in [1.82, 2.24) is 0 Å². The number of ether oxygens (including phenoxy) is 1. The second-order valence-electron chi connectivity index (χ2n) is 5.63. The molecule has 1 amide bonds. The molecule has 2 aromatic carbocycles. The first-order chi connectivity index (χ1) is 11.0. The highest BCUT2D eigenvalue weighted by atomic mass is 79.9. The third-order valence-corrected chi connectivity index (χ3v) is 4.10. The van der Waals surface area contributed by atoms with Gasteiger partial charge in [0.15, 0.2) is 6.54 Å². The van der Waals surface area contributed by atoms with E-state index in [0.717, 1.165) is 38.5 Å². The molecular weight excluding hydrogens is 356 g/mol. The van der Waals surface area contributed by atoms with Gasteiger partial charge in [0, 0.05) is 15.7 Å². The van der Waals surface area contributed by atoms with E-state index in [-0.39, 0.29) is 5.91 Å². The maximum absolute atomic E-state index is 12.2. The van der Waals surface area contributed by atoms with Gasteiger partial charge in [-0.25, -0.2) is 0 Å². The molecule has 23 heavy (non-hydrogen) atoms. The van der Waals surface area contributed by atoms with Crippen molar-refractivity contribution in [3.63, 3.8) is 0 Å². The molecule has 0 bridgehead atoms. The average Bonchev–Trinajstić information content (AvgIpc) is 2.50. The summed E-state index contributed by atoms with van der Waals surface area (Å²) in [5.41, 5.74) is 2.98. The number of rotatable bonds is 6. The number of benzene rings is 2. The summed E-state index contributed by atoms with van der Waals surface area (Å²) in [6, 6.07) is 13.7. The zero-order valence-corrected chi connectivity index (χ0v) is 15.2. The second-order valence-corrected chi connectivity index (χ2v) is 6.55. The molecule has 2 N–H and O–H groups in total. The highest BCUT2D eigenvalue weighted by Crippen LogP contribution is 2.19. The molecule has 0 aliphatic carbocycles. The lowest BCUT2D eigenvalue weighted by Crippen LogP contribution is -3.08. The van der Waals surface area contributed by atoms with E-state index in [1.165, 1.54) is 0 Å². The number of nitrogens with one attached hydrogen (secondary N) is 2. The molecular formula is C18H22BrN2O2+. The van der Waals surface area contributed by atoms with Crippen LogP contribution in [0, 0.1) is 6.92 Å². The van der Waals surface area contributed by atoms with Crippen LogP contribution in [0.2, 0.25) is 0 Å². The van der Waals surface area contributed by atoms with Gasteiger partial charge < -0.3 is 15.0 Å². The van der Waals surface area contributed by atoms with E-state index >= 15 is 0 Å². The van der Waals surface area contributed by atoms with Crippen LogP contribution in [0.1, 0.15) is 11.1 Å². The largest absolute Gasteiger partial charge is 0.496 e. The number of aryl methyl sites for hydroxylation is 1. The van der Waals surface area contributed by atoms with Gasteiger partial charge in [0.05, 0.1) is 14.2 Å². The minimum absolute atomic E-state index is 0.00261. The molecule has 5 heteroatoms. The Balaban J connectivity index is 1.94. The first-order valence-corrected chi connectivity index (χ1v) is 8.28. The lowest BCUT2D eigenvalue weighted by molar-refractivity contribution is -0.885. The lowest BCUT2D eigenvalue weighted by Gasteiger charge is -2.16. The van der Waals surface area contributed by atoms with Crippen molar-refractivity contribution in [1.29, 1.82) is 0 Å². The number of carbonyl (C=O) groups is 1. The van der Waals surface area contributed by atoms with Gasteiger partial charge in [-0.3, -0.25) is 4.79 Å². The van der Waals surface area contributed by atoms with Crippen molar-refractivity contribution in [3.8, 4) is 5.75 Å². The first kappa shape index (κ1) is 17.5. The number of anilines is 1. The Bertz CT molecular complexity index is 688. The van der Waals surface area contributed by atoms with Gasteiger partial charge in [-0.15, -0.1) is 0 Å². The summed E-state index contributed by atoms with van der Waals surface area (Å²) in [7, 11) is 3.66. The fourth-order valence-electron chi connectivity index (χ4n) is 2.47. The van der Waals surface area contributed by atoms with Crippen LogP contribution >= 0.6 is 15.9 Å². The SMILES string of the molecule is COc1ccccc1C[NH+](C)CC(=O)Nc1ccc(Br)cc1C. The number of methoxy groups -OCH3 is 1. The summed E-state index contributed by atoms with van der Waals surface area (Å²) in [4.78, 5) is 13.3. The van der Waals surface area contributed by atoms with Gasteiger partial charge >= 0.3 is 0 Å². The first-order valence-electron chi connectivity index (χ1n) is 7.49. The Morgan fingerprint density at radius 2 is 2.00 bits per heavy atom. The molecule has 0 saturated carbocycles. The fraction of sp³-hybridized carbons (Fsp3) is 0.278. The van der Waals surface area contributed by atoms with Crippen molar-refractivity contribution >= 4 is 27.5 Å². The van der Waals surface area contributed by atoms with Crippen LogP contribution in [0.5, 0.6) is 5.75 Å². The van der Waals surface area contributed by atoms with E-state index < -0.39 is 0 Å². The van der Waals surface area contributed by atoms with E-state index in [1.54, 1.807) is 7.11 Å².